The first kappa shape index (κ1) is 51.1. The number of aromatic hydroxyl groups is 2. The molecule has 0 spiro atoms. The SMILES string of the molecule is CC(=O)C(CC(C)C)C[N+](C)(C)C.I.O=[N+]([O-])/C=C/c1ccc(O)c(O)c1.[2H]C([2H])([2H])Oc1cc2c(cc1OC([2H])([2H])[2H])C1CC(=O)C(CC(C)C)CN1CC2.[2H]C([2H])([2H])Oc1cc2c(cc1OC([2H])([2H])[2H])CCN=C2.[2H]C([2H])([2H])Oc1ccc(/C=C/[N+](=O)[O-])cc1OC([2H])([2H])[2H].[2H]C([2H])([2H])Oc1ccc(CCN)cc1OC([2H])([2H])[2H].[I-]. The van der Waals surface area contributed by atoms with Gasteiger partial charge >= 0.3 is 0 Å². The van der Waals surface area contributed by atoms with Crippen LogP contribution in [0, 0.1) is 43.9 Å². The zero-order valence-electron chi connectivity index (χ0n) is 76.8. The molecule has 0 saturated carbocycles. The number of nitrogens with zero attached hydrogens (tertiary/aromatic N) is 5. The standard InChI is InChI=1S/C19H27NO3.C11H13NO2.C11H24NO.C10H11NO4.C10H15NO2.C8H7NO4.2HI/c1-12(2)7-14-11-20-6-5-13-8-18(22-3)19(23-4)9-15(13)16(20)10-17(14)21;1-13-10-5-8-3-4-12-7-9(8)6-11(10)14-2;1-9(2)7-11(10(3)13)8-12(4,5)6;1-14-9-4-3-8(5-6-11(12)13)7-10(9)15-2;1-12-9-4-3-8(5-6-11)7-10(9)13-2;10-7-2-1-6(5-8(7)11)3-4-9(12)13;;/h8-9,12,14,16H,5-7,10-11H2,1-4H3;5-7H,3-4H2,1-2H3;9,11H,7-8H2,1-6H3;3-7H,1-2H3;3-4,7H,5-6,11H2,1-2H3;1-5,10-11H;2*1H/q;;+1;;;;;/p-1/b;;;6-5+;;4-3+;;/i3D3,4D3;1D3,2D3;;2*1D3,2D3;;;. The molecule has 0 aromatic heterocycles. The summed E-state index contributed by atoms with van der Waals surface area (Å²) in [6.45, 7) is 13.6. The molecule has 0 radical (unpaired) electrons. The fourth-order valence-electron chi connectivity index (χ4n) is 9.73. The molecule has 22 nitrogen and oxygen atoms in total. The number of quaternary nitrogens is 1. The van der Waals surface area contributed by atoms with E-state index in [9.17, 15) is 29.8 Å². The molecule has 5 aromatic carbocycles. The Labute approximate surface area is 617 Å². The maximum atomic E-state index is 12.7. The zero-order chi connectivity index (χ0) is 88.0. The molecular formula is C69H98I2N6O16. The highest BCUT2D eigenvalue weighted by Crippen LogP contribution is 2.43. The minimum absolute atomic E-state index is 0. The van der Waals surface area contributed by atoms with Crippen LogP contribution in [0.3, 0.4) is 0 Å². The molecule has 3 atom stereocenters. The van der Waals surface area contributed by atoms with Gasteiger partial charge in [0.05, 0.1) is 133 Å². The molecule has 3 aliphatic rings. The third-order valence-corrected chi connectivity index (χ3v) is 13.8. The largest absolute Gasteiger partial charge is 1.00 e. The number of ether oxygens (including phenoxy) is 8. The lowest BCUT2D eigenvalue weighted by Gasteiger charge is -2.43. The van der Waals surface area contributed by atoms with Crippen molar-refractivity contribution < 1.29 is 129 Å². The summed E-state index contributed by atoms with van der Waals surface area (Å²) in [6.07, 6.45) is 9.39. The van der Waals surface area contributed by atoms with Crippen molar-refractivity contribution in [2.24, 2.45) is 34.4 Å². The van der Waals surface area contributed by atoms with Crippen LogP contribution in [0.5, 0.6) is 57.5 Å². The molecule has 3 heterocycles. The molecule has 93 heavy (non-hydrogen) atoms. The number of hydrogen-bond acceptors (Lipinski definition) is 19. The number of carbonyl (C=O) groups is 2. The van der Waals surface area contributed by atoms with Crippen LogP contribution in [0.4, 0.5) is 0 Å². The first-order valence-electron chi connectivity index (χ1n) is 40.4. The Kier molecular flexibility index (Phi) is 23.6. The van der Waals surface area contributed by atoms with Crippen molar-refractivity contribution in [3.05, 3.63) is 150 Å². The number of piperidine rings is 1. The molecule has 5 aromatic rings. The Morgan fingerprint density at radius 1 is 0.699 bits per heavy atom. The molecule has 8 rings (SSSR count). The number of ketones is 2. The van der Waals surface area contributed by atoms with Gasteiger partial charge in [-0.3, -0.25) is 39.7 Å². The number of methoxy groups -OCH3 is 8. The summed E-state index contributed by atoms with van der Waals surface area (Å²) < 4.78 is 211. The topological polar surface area (TPSA) is 276 Å². The number of Topliss-reactive ketones (excluding diaryl/α,β-unsaturated/α-hetero) is 2. The van der Waals surface area contributed by atoms with Gasteiger partial charge in [-0.25, -0.2) is 0 Å². The average molecular weight is 1550 g/mol. The Bertz CT molecular complexity index is 4150. The van der Waals surface area contributed by atoms with Crippen LogP contribution in [-0.4, -0.2) is 157 Å². The monoisotopic (exact) mass is 1540 g/mol. The number of nitrogens with two attached hydrogens (primary N) is 1. The van der Waals surface area contributed by atoms with E-state index in [-0.39, 0.29) is 135 Å². The van der Waals surface area contributed by atoms with E-state index < -0.39 is 66.2 Å². The van der Waals surface area contributed by atoms with E-state index in [4.69, 9.17) is 77.3 Å². The van der Waals surface area contributed by atoms with Crippen LogP contribution in [-0.2, 0) is 28.9 Å². The number of hydrogen-bond donors (Lipinski definition) is 3. The second-order valence-corrected chi connectivity index (χ2v) is 22.7. The third kappa shape index (κ3) is 28.9. The lowest BCUT2D eigenvalue weighted by atomic mass is 9.80. The molecule has 0 aliphatic carbocycles. The van der Waals surface area contributed by atoms with Crippen LogP contribution in [0.2, 0.25) is 0 Å². The molecule has 3 unspecified atom stereocenters. The molecule has 3 aliphatic heterocycles. The van der Waals surface area contributed by atoms with Gasteiger partial charge in [-0.1, -0.05) is 45.9 Å². The smallest absolute Gasteiger partial charge is 0.235 e. The molecule has 514 valence electrons. The second kappa shape index (κ2) is 42.9. The van der Waals surface area contributed by atoms with E-state index in [0.29, 0.717) is 80.3 Å². The van der Waals surface area contributed by atoms with Crippen molar-refractivity contribution in [1.82, 2.24) is 4.90 Å². The number of phenolic OH excluding ortho intramolecular Hbond substituents is 2. The molecular weight excluding hydrogens is 1420 g/mol. The van der Waals surface area contributed by atoms with Gasteiger partial charge in [0.25, 0.3) is 0 Å². The van der Waals surface area contributed by atoms with Crippen molar-refractivity contribution in [3.8, 4) is 57.5 Å². The van der Waals surface area contributed by atoms with Gasteiger partial charge in [0.2, 0.25) is 12.4 Å². The van der Waals surface area contributed by atoms with Crippen LogP contribution in [0.1, 0.15) is 132 Å². The van der Waals surface area contributed by atoms with Crippen LogP contribution >= 0.6 is 24.0 Å². The van der Waals surface area contributed by atoms with Crippen molar-refractivity contribution >= 4 is 53.9 Å². The van der Waals surface area contributed by atoms with Crippen molar-refractivity contribution in [1.29, 1.82) is 0 Å². The van der Waals surface area contributed by atoms with Gasteiger partial charge in [-0.15, -0.1) is 24.0 Å². The summed E-state index contributed by atoms with van der Waals surface area (Å²) in [6, 6.07) is 17.8. The van der Waals surface area contributed by atoms with E-state index >= 15 is 0 Å². The van der Waals surface area contributed by atoms with Crippen LogP contribution in [0.15, 0.2) is 96.3 Å². The number of phenols is 2. The van der Waals surface area contributed by atoms with Crippen LogP contribution in [0.25, 0.3) is 12.2 Å². The average Bonchev–Trinajstić information content (AvgIpc) is 0.762. The minimum atomic E-state index is -2.82. The van der Waals surface area contributed by atoms with Crippen molar-refractivity contribution in [2.45, 2.75) is 79.2 Å². The maximum Gasteiger partial charge on any atom is 0.235 e. The molecule has 4 N–H and O–H groups in total. The van der Waals surface area contributed by atoms with Crippen molar-refractivity contribution in [2.75, 3.05) is 110 Å². The quantitative estimate of drug-likeness (QED) is 0.0203. The Balaban J connectivity index is 0.000000715. The van der Waals surface area contributed by atoms with Gasteiger partial charge in [0.1, 0.15) is 11.6 Å². The molecule has 1 fully saturated rings. The minimum Gasteiger partial charge on any atom is -1.00 e. The van der Waals surface area contributed by atoms with E-state index in [1.807, 2.05) is 0 Å². The predicted molar refractivity (Wildman–Crippen MR) is 371 cm³/mol. The molecule has 24 heteroatoms. The number of fused-ring (bicyclic) bond motifs is 4. The number of halogens is 2. The van der Waals surface area contributed by atoms with Gasteiger partial charge in [0.15, 0.2) is 57.5 Å². The molecule has 0 bridgehead atoms. The third-order valence-electron chi connectivity index (χ3n) is 13.8. The highest BCUT2D eigenvalue weighted by Gasteiger charge is 2.38. The number of aliphatic imine (C=N–C) groups is 1. The van der Waals surface area contributed by atoms with Gasteiger partial charge in [-0.05, 0) is 157 Å². The van der Waals surface area contributed by atoms with Gasteiger partial charge in [0, 0.05) is 56.4 Å². The fraction of sp³-hybridized carbons (Fsp3) is 0.464. The predicted octanol–water partition coefficient (Wildman–Crippen LogP) is 8.98. The normalized spacial score (nSPS) is 19.5. The highest BCUT2D eigenvalue weighted by molar-refractivity contribution is 14.0. The lowest BCUT2D eigenvalue weighted by molar-refractivity contribution is -0.872. The Morgan fingerprint density at radius 3 is 1.72 bits per heavy atom. The Morgan fingerprint density at radius 2 is 1.20 bits per heavy atom. The molecule has 1 saturated heterocycles. The summed E-state index contributed by atoms with van der Waals surface area (Å²) in [7, 11) is -15.4. The second-order valence-electron chi connectivity index (χ2n) is 22.7. The van der Waals surface area contributed by atoms with Crippen molar-refractivity contribution in [3.63, 3.8) is 0 Å². The number of nitro groups is 2. The Hall–Kier alpha value is -7.27. The summed E-state index contributed by atoms with van der Waals surface area (Å²) in [5.74, 6) is -0.115. The van der Waals surface area contributed by atoms with Crippen LogP contribution < -0.4 is 67.6 Å². The number of rotatable bonds is 21. The first-order valence-corrected chi connectivity index (χ1v) is 28.4. The maximum absolute atomic E-state index is 12.7. The zero-order valence-corrected chi connectivity index (χ0v) is 57.3. The van der Waals surface area contributed by atoms with E-state index in [1.165, 1.54) is 60.7 Å². The van der Waals surface area contributed by atoms with E-state index in [0.717, 1.165) is 77.1 Å². The van der Waals surface area contributed by atoms with Gasteiger partial charge < -0.3 is 82.3 Å². The summed E-state index contributed by atoms with van der Waals surface area (Å²) in [5, 5.41) is 38.1. The van der Waals surface area contributed by atoms with Gasteiger partial charge in [-0.2, -0.15) is 0 Å². The fourth-order valence-corrected chi connectivity index (χ4v) is 9.73. The summed E-state index contributed by atoms with van der Waals surface area (Å²) >= 11 is 0. The first-order chi connectivity index (χ1) is 52.3. The lowest BCUT2D eigenvalue weighted by Crippen LogP contribution is -3.00. The number of carbonyl (C=O) groups excluding carboxylic acids is 2. The van der Waals surface area contributed by atoms with E-state index in [1.54, 1.807) is 25.3 Å². The van der Waals surface area contributed by atoms with E-state index in [2.05, 4.69) is 68.2 Å². The summed E-state index contributed by atoms with van der Waals surface area (Å²) in [4.78, 5) is 49.3. The highest BCUT2D eigenvalue weighted by atomic mass is 127. The number of benzene rings is 5. The summed E-state index contributed by atoms with van der Waals surface area (Å²) in [5.41, 5.74) is 10.1. The molecule has 0 amide bonds.